The van der Waals surface area contributed by atoms with Crippen molar-refractivity contribution in [1.82, 2.24) is 4.90 Å². The summed E-state index contributed by atoms with van der Waals surface area (Å²) in [5.41, 5.74) is 2.00. The molecule has 1 N–H and O–H groups in total. The summed E-state index contributed by atoms with van der Waals surface area (Å²) in [5.74, 6) is -1.08. The number of fused-ring (bicyclic) bond motifs is 1. The number of anilines is 2. The van der Waals surface area contributed by atoms with Gasteiger partial charge in [-0.25, -0.2) is 0 Å². The van der Waals surface area contributed by atoms with Gasteiger partial charge < -0.3 is 10.1 Å². The van der Waals surface area contributed by atoms with Crippen molar-refractivity contribution in [3.63, 3.8) is 0 Å². The molecule has 0 bridgehead atoms. The average Bonchev–Trinajstić information content (AvgIpc) is 3.49. The van der Waals surface area contributed by atoms with Gasteiger partial charge >= 0.3 is 0 Å². The highest BCUT2D eigenvalue weighted by Crippen LogP contribution is 2.44. The first-order valence-corrected chi connectivity index (χ1v) is 12.4. The summed E-state index contributed by atoms with van der Waals surface area (Å²) in [6.07, 6.45) is 1.78. The average molecular weight is 514 g/mol. The molecule has 0 saturated carbocycles. The van der Waals surface area contributed by atoms with Crippen molar-refractivity contribution in [3.8, 4) is 0 Å². The normalized spacial score (nSPS) is 22.0. The Kier molecular flexibility index (Phi) is 6.44. The number of hydrogen-bond acceptors (Lipinski definition) is 6. The quantitative estimate of drug-likeness (QED) is 0.479. The monoisotopic (exact) mass is 513 g/mol. The van der Waals surface area contributed by atoms with Crippen molar-refractivity contribution in [2.45, 2.75) is 18.9 Å². The van der Waals surface area contributed by atoms with E-state index in [1.807, 2.05) is 0 Å². The van der Waals surface area contributed by atoms with Crippen LogP contribution < -0.4 is 10.2 Å². The van der Waals surface area contributed by atoms with Crippen LogP contribution in [0.5, 0.6) is 0 Å². The Morgan fingerprint density at radius 3 is 2.74 bits per heavy atom. The van der Waals surface area contributed by atoms with Crippen LogP contribution in [0.2, 0.25) is 5.02 Å². The van der Waals surface area contributed by atoms with Crippen LogP contribution in [0.3, 0.4) is 0 Å². The second kappa shape index (κ2) is 9.50. The Labute approximate surface area is 211 Å². The molecule has 1 atom stereocenters. The van der Waals surface area contributed by atoms with Crippen LogP contribution in [-0.2, 0) is 19.1 Å². The topological polar surface area (TPSA) is 79.0 Å². The minimum Gasteiger partial charge on any atom is -0.376 e. The van der Waals surface area contributed by atoms with Crippen molar-refractivity contribution in [2.75, 3.05) is 29.9 Å². The molecular weight excluding hydrogens is 494 g/mol. The van der Waals surface area contributed by atoms with Crippen LogP contribution in [-0.4, -0.2) is 52.7 Å². The van der Waals surface area contributed by atoms with Crippen LogP contribution in [0.25, 0.3) is 5.57 Å². The molecule has 2 saturated heterocycles. The van der Waals surface area contributed by atoms with Crippen LogP contribution >= 0.6 is 35.6 Å². The van der Waals surface area contributed by atoms with Gasteiger partial charge in [-0.2, -0.15) is 0 Å². The van der Waals surface area contributed by atoms with E-state index >= 15 is 0 Å². The van der Waals surface area contributed by atoms with Gasteiger partial charge in [0.05, 0.1) is 28.8 Å². The predicted molar refractivity (Wildman–Crippen MR) is 137 cm³/mol. The van der Waals surface area contributed by atoms with Gasteiger partial charge in [-0.3, -0.25) is 24.2 Å². The summed E-state index contributed by atoms with van der Waals surface area (Å²) in [6.45, 7) is 0.851. The number of halogens is 1. The molecule has 10 heteroatoms. The van der Waals surface area contributed by atoms with E-state index in [1.54, 1.807) is 48.5 Å². The van der Waals surface area contributed by atoms with Gasteiger partial charge in [0.2, 0.25) is 5.91 Å². The number of rotatable bonds is 5. The Morgan fingerprint density at radius 2 is 1.97 bits per heavy atom. The number of carbonyl (C=O) groups excluding carboxylic acids is 3. The van der Waals surface area contributed by atoms with E-state index < -0.39 is 5.91 Å². The van der Waals surface area contributed by atoms with E-state index in [1.165, 1.54) is 9.80 Å². The molecule has 2 aromatic rings. The summed E-state index contributed by atoms with van der Waals surface area (Å²) in [5, 5.41) is 3.25. The van der Waals surface area contributed by atoms with Gasteiger partial charge in [0.1, 0.15) is 10.9 Å². The predicted octanol–water partition coefficient (Wildman–Crippen LogP) is 4.08. The van der Waals surface area contributed by atoms with Crippen molar-refractivity contribution in [2.24, 2.45) is 0 Å². The molecule has 3 heterocycles. The van der Waals surface area contributed by atoms with Gasteiger partial charge in [0, 0.05) is 22.9 Å². The van der Waals surface area contributed by atoms with Gasteiger partial charge in [-0.15, -0.1) is 0 Å². The van der Waals surface area contributed by atoms with E-state index in [2.05, 4.69) is 5.32 Å². The lowest BCUT2D eigenvalue weighted by Gasteiger charge is -2.18. The highest BCUT2D eigenvalue weighted by atomic mass is 35.5. The fourth-order valence-corrected chi connectivity index (χ4v) is 5.80. The van der Waals surface area contributed by atoms with E-state index in [4.69, 9.17) is 28.6 Å². The summed E-state index contributed by atoms with van der Waals surface area (Å²) >= 11 is 12.6. The number of thioether (sulfide) groups is 1. The number of amides is 3. The van der Waals surface area contributed by atoms with Crippen molar-refractivity contribution < 1.29 is 19.1 Å². The highest BCUT2D eigenvalue weighted by molar-refractivity contribution is 8.26. The molecule has 2 aromatic carbocycles. The molecule has 3 amide bonds. The lowest BCUT2D eigenvalue weighted by molar-refractivity contribution is -0.123. The maximum absolute atomic E-state index is 13.5. The van der Waals surface area contributed by atoms with E-state index in [-0.39, 0.29) is 34.9 Å². The molecule has 0 aromatic heterocycles. The molecule has 0 spiro atoms. The number of nitrogens with zero attached hydrogens (tertiary/aromatic N) is 2. The van der Waals surface area contributed by atoms with Gasteiger partial charge in [-0.05, 0) is 37.1 Å². The number of para-hydroxylation sites is 1. The van der Waals surface area contributed by atoms with Gasteiger partial charge in [0.25, 0.3) is 11.8 Å². The van der Waals surface area contributed by atoms with Crippen LogP contribution in [0.4, 0.5) is 11.4 Å². The lowest BCUT2D eigenvalue weighted by Crippen LogP contribution is -2.36. The molecule has 174 valence electrons. The Bertz CT molecular complexity index is 1240. The first-order valence-electron chi connectivity index (χ1n) is 10.8. The van der Waals surface area contributed by atoms with E-state index in [9.17, 15) is 14.4 Å². The molecule has 0 radical (unpaired) electrons. The summed E-state index contributed by atoms with van der Waals surface area (Å²) < 4.78 is 6.07. The number of benzene rings is 2. The molecular formula is C24H20ClN3O4S2. The molecule has 3 aliphatic rings. The standard InChI is InChI=1S/C24H20ClN3O4S2/c25-14-5-3-6-15(11-14)26-19(29)13-27-18-9-2-1-8-17(18)20(22(27)30)21-23(31)28(24(33)34-21)12-16-7-4-10-32-16/h1-3,5-6,8-9,11,16H,4,7,10,12-13H2,(H,26,29)/b21-20-. The molecule has 1 unspecified atom stereocenters. The van der Waals surface area contributed by atoms with Crippen LogP contribution in [0.1, 0.15) is 18.4 Å². The highest BCUT2D eigenvalue weighted by Gasteiger charge is 2.43. The zero-order valence-electron chi connectivity index (χ0n) is 18.0. The third-order valence-electron chi connectivity index (χ3n) is 5.82. The first-order chi connectivity index (χ1) is 16.4. The number of nitrogens with one attached hydrogen (secondary N) is 1. The SMILES string of the molecule is O=C(CN1C(=O)/C(=C2\SC(=S)N(CC3CCCO3)C2=O)c2ccccc21)Nc1cccc(Cl)c1. The second-order valence-electron chi connectivity index (χ2n) is 8.09. The van der Waals surface area contributed by atoms with Crippen LogP contribution in [0, 0.1) is 0 Å². The largest absolute Gasteiger partial charge is 0.376 e. The fraction of sp³-hybridized carbons (Fsp3) is 0.250. The fourth-order valence-electron chi connectivity index (χ4n) is 4.27. The smallest absolute Gasteiger partial charge is 0.267 e. The summed E-state index contributed by atoms with van der Waals surface area (Å²) in [7, 11) is 0. The van der Waals surface area contributed by atoms with Gasteiger partial charge in [0.15, 0.2) is 0 Å². The van der Waals surface area contributed by atoms with Gasteiger partial charge in [-0.1, -0.05) is 59.8 Å². The van der Waals surface area contributed by atoms with E-state index in [0.29, 0.717) is 39.4 Å². The second-order valence-corrected chi connectivity index (χ2v) is 10.2. The van der Waals surface area contributed by atoms with Crippen LogP contribution in [0.15, 0.2) is 53.4 Å². The van der Waals surface area contributed by atoms with Crippen molar-refractivity contribution >= 4 is 74.6 Å². The zero-order chi connectivity index (χ0) is 23.8. The molecule has 2 fully saturated rings. The molecule has 3 aliphatic heterocycles. The lowest BCUT2D eigenvalue weighted by atomic mass is 10.1. The Hall–Kier alpha value is -2.72. The maximum atomic E-state index is 13.5. The number of hydrogen-bond donors (Lipinski definition) is 1. The molecule has 0 aliphatic carbocycles. The maximum Gasteiger partial charge on any atom is 0.267 e. The van der Waals surface area contributed by atoms with Crippen molar-refractivity contribution in [3.05, 3.63) is 64.0 Å². The Morgan fingerprint density at radius 1 is 1.15 bits per heavy atom. The number of carbonyl (C=O) groups is 3. The molecule has 7 nitrogen and oxygen atoms in total. The summed E-state index contributed by atoms with van der Waals surface area (Å²) in [6, 6.07) is 13.9. The third kappa shape index (κ3) is 4.36. The molecule has 5 rings (SSSR count). The Balaban J connectivity index is 1.41. The third-order valence-corrected chi connectivity index (χ3v) is 7.50. The minimum absolute atomic E-state index is 0.0508. The molecule has 34 heavy (non-hydrogen) atoms. The van der Waals surface area contributed by atoms with Crippen molar-refractivity contribution in [1.29, 1.82) is 0 Å². The summed E-state index contributed by atoms with van der Waals surface area (Å²) in [4.78, 5) is 42.7. The van der Waals surface area contributed by atoms with E-state index in [0.717, 1.165) is 24.6 Å². The minimum atomic E-state index is -0.403. The zero-order valence-corrected chi connectivity index (χ0v) is 20.3. The number of thiocarbonyl (C=S) groups is 1. The first kappa shape index (κ1) is 23.0. The number of ether oxygens (including phenoxy) is 1.